The number of nitrogens with one attached hydrogen (secondary N) is 1. The predicted octanol–water partition coefficient (Wildman–Crippen LogP) is 1.48. The molecule has 0 fully saturated rings. The molecule has 106 valence electrons. The van der Waals surface area contributed by atoms with Gasteiger partial charge in [-0.25, -0.2) is 0 Å². The lowest BCUT2D eigenvalue weighted by Crippen LogP contribution is -2.41. The fourth-order valence-electron chi connectivity index (χ4n) is 1.82. The molecular formula is C13H26N2O3. The van der Waals surface area contributed by atoms with Gasteiger partial charge in [-0.15, -0.1) is 0 Å². The van der Waals surface area contributed by atoms with Crippen LogP contribution >= 0.6 is 0 Å². The Bertz CT molecular complexity index is 253. The summed E-state index contributed by atoms with van der Waals surface area (Å²) in [7, 11) is 0. The normalized spacial score (nSPS) is 12.4. The van der Waals surface area contributed by atoms with Gasteiger partial charge in [0.25, 0.3) is 0 Å². The highest BCUT2D eigenvalue weighted by Crippen LogP contribution is 2.00. The van der Waals surface area contributed by atoms with E-state index in [9.17, 15) is 9.59 Å². The summed E-state index contributed by atoms with van der Waals surface area (Å²) in [5.74, 6) is -0.787. The number of carboxylic acid groups (broad SMARTS) is 1. The lowest BCUT2D eigenvalue weighted by molar-refractivity contribution is -0.137. The molecule has 1 unspecified atom stereocenters. The maximum absolute atomic E-state index is 11.6. The van der Waals surface area contributed by atoms with Crippen molar-refractivity contribution in [1.29, 1.82) is 0 Å². The molecule has 0 radical (unpaired) electrons. The molecule has 0 aromatic carbocycles. The summed E-state index contributed by atoms with van der Waals surface area (Å²) < 4.78 is 0. The number of hydrogen-bond acceptors (Lipinski definition) is 3. The third-order valence-electron chi connectivity index (χ3n) is 2.88. The Labute approximate surface area is 110 Å². The maximum atomic E-state index is 11.6. The van der Waals surface area contributed by atoms with E-state index in [4.69, 9.17) is 5.11 Å². The molecule has 0 saturated carbocycles. The van der Waals surface area contributed by atoms with Gasteiger partial charge in [0.2, 0.25) is 5.91 Å². The maximum Gasteiger partial charge on any atom is 0.303 e. The number of likely N-dealkylation sites (N-methyl/N-ethyl adjacent to an activating group) is 1. The monoisotopic (exact) mass is 258 g/mol. The molecule has 0 aliphatic carbocycles. The molecule has 1 atom stereocenters. The minimum Gasteiger partial charge on any atom is -0.481 e. The first-order chi connectivity index (χ1) is 8.49. The second-order valence-electron chi connectivity index (χ2n) is 4.56. The smallest absolute Gasteiger partial charge is 0.303 e. The van der Waals surface area contributed by atoms with Crippen LogP contribution in [0.4, 0.5) is 0 Å². The summed E-state index contributed by atoms with van der Waals surface area (Å²) in [4.78, 5) is 24.1. The Morgan fingerprint density at radius 2 is 1.72 bits per heavy atom. The highest BCUT2D eigenvalue weighted by atomic mass is 16.4. The summed E-state index contributed by atoms with van der Waals surface area (Å²) >= 11 is 0. The standard InChI is InChI=1S/C13H26N2O3/c1-4-15(5-2)10-11(3)14-12(16)8-6-7-9-13(17)18/h11H,4-10H2,1-3H3,(H,14,16)(H,17,18). The largest absolute Gasteiger partial charge is 0.481 e. The lowest BCUT2D eigenvalue weighted by Gasteiger charge is -2.23. The van der Waals surface area contributed by atoms with Crippen LogP contribution in [0.2, 0.25) is 0 Å². The van der Waals surface area contributed by atoms with E-state index < -0.39 is 5.97 Å². The molecule has 1 amide bonds. The van der Waals surface area contributed by atoms with Crippen molar-refractivity contribution in [2.75, 3.05) is 19.6 Å². The number of aliphatic carboxylic acids is 1. The number of carbonyl (C=O) groups excluding carboxylic acids is 1. The van der Waals surface area contributed by atoms with Crippen molar-refractivity contribution >= 4 is 11.9 Å². The highest BCUT2D eigenvalue weighted by molar-refractivity contribution is 5.76. The number of rotatable bonds is 10. The topological polar surface area (TPSA) is 69.6 Å². The van der Waals surface area contributed by atoms with E-state index in [1.807, 2.05) is 6.92 Å². The number of nitrogens with zero attached hydrogens (tertiary/aromatic N) is 1. The number of carboxylic acids is 1. The van der Waals surface area contributed by atoms with Gasteiger partial charge < -0.3 is 15.3 Å². The molecular weight excluding hydrogens is 232 g/mol. The summed E-state index contributed by atoms with van der Waals surface area (Å²) in [5.41, 5.74) is 0. The van der Waals surface area contributed by atoms with E-state index in [0.29, 0.717) is 19.3 Å². The molecule has 5 nitrogen and oxygen atoms in total. The average Bonchev–Trinajstić information content (AvgIpc) is 2.31. The van der Waals surface area contributed by atoms with Crippen molar-refractivity contribution in [3.63, 3.8) is 0 Å². The molecule has 0 heterocycles. The Kier molecular flexibility index (Phi) is 9.28. The van der Waals surface area contributed by atoms with Gasteiger partial charge in [0.15, 0.2) is 0 Å². The number of carbonyl (C=O) groups is 2. The van der Waals surface area contributed by atoms with Gasteiger partial charge in [0.1, 0.15) is 0 Å². The van der Waals surface area contributed by atoms with Crippen molar-refractivity contribution in [2.24, 2.45) is 0 Å². The predicted molar refractivity (Wildman–Crippen MR) is 71.5 cm³/mol. The number of amides is 1. The zero-order valence-corrected chi connectivity index (χ0v) is 11.7. The third kappa shape index (κ3) is 8.98. The van der Waals surface area contributed by atoms with Crippen molar-refractivity contribution in [2.45, 2.75) is 52.5 Å². The van der Waals surface area contributed by atoms with Gasteiger partial charge in [0, 0.05) is 25.4 Å². The van der Waals surface area contributed by atoms with E-state index >= 15 is 0 Å². The van der Waals surface area contributed by atoms with E-state index in [0.717, 1.165) is 19.6 Å². The summed E-state index contributed by atoms with van der Waals surface area (Å²) in [6, 6.07) is 0.136. The van der Waals surface area contributed by atoms with Crippen LogP contribution in [0.3, 0.4) is 0 Å². The molecule has 0 aliphatic rings. The van der Waals surface area contributed by atoms with Crippen LogP contribution in [-0.4, -0.2) is 47.6 Å². The molecule has 18 heavy (non-hydrogen) atoms. The Hall–Kier alpha value is -1.10. The van der Waals surface area contributed by atoms with Crippen LogP contribution in [0, 0.1) is 0 Å². The van der Waals surface area contributed by atoms with Gasteiger partial charge in [0.05, 0.1) is 0 Å². The molecule has 0 bridgehead atoms. The summed E-state index contributed by atoms with van der Waals surface area (Å²) in [6.45, 7) is 9.01. The first-order valence-corrected chi connectivity index (χ1v) is 6.73. The van der Waals surface area contributed by atoms with Crippen LogP contribution in [0.25, 0.3) is 0 Å². The first-order valence-electron chi connectivity index (χ1n) is 6.73. The fraction of sp³-hybridized carbons (Fsp3) is 0.846. The lowest BCUT2D eigenvalue weighted by atomic mass is 10.2. The second kappa shape index (κ2) is 9.88. The minimum absolute atomic E-state index is 0.0139. The van der Waals surface area contributed by atoms with Crippen LogP contribution in [-0.2, 0) is 9.59 Å². The van der Waals surface area contributed by atoms with E-state index in [1.165, 1.54) is 0 Å². The molecule has 5 heteroatoms. The van der Waals surface area contributed by atoms with Gasteiger partial charge in [-0.2, -0.15) is 0 Å². The van der Waals surface area contributed by atoms with Crippen molar-refractivity contribution in [1.82, 2.24) is 10.2 Å². The van der Waals surface area contributed by atoms with Crippen molar-refractivity contribution < 1.29 is 14.7 Å². The van der Waals surface area contributed by atoms with Crippen LogP contribution in [0.15, 0.2) is 0 Å². The SMILES string of the molecule is CCN(CC)CC(C)NC(=O)CCCCC(=O)O. The van der Waals surface area contributed by atoms with E-state index in [1.54, 1.807) is 0 Å². The summed E-state index contributed by atoms with van der Waals surface area (Å²) in [6.07, 6.45) is 1.75. The molecule has 0 aromatic heterocycles. The number of hydrogen-bond donors (Lipinski definition) is 2. The quantitative estimate of drug-likeness (QED) is 0.582. The van der Waals surface area contributed by atoms with Crippen molar-refractivity contribution in [3.05, 3.63) is 0 Å². The van der Waals surface area contributed by atoms with Crippen LogP contribution < -0.4 is 5.32 Å². The van der Waals surface area contributed by atoms with Crippen LogP contribution in [0.5, 0.6) is 0 Å². The van der Waals surface area contributed by atoms with Gasteiger partial charge in [-0.3, -0.25) is 9.59 Å². The Balaban J connectivity index is 3.70. The fourth-order valence-corrected chi connectivity index (χ4v) is 1.82. The van der Waals surface area contributed by atoms with Gasteiger partial charge in [-0.1, -0.05) is 13.8 Å². The van der Waals surface area contributed by atoms with Gasteiger partial charge in [-0.05, 0) is 32.9 Å². The minimum atomic E-state index is -0.801. The zero-order chi connectivity index (χ0) is 14.0. The molecule has 0 saturated heterocycles. The molecule has 0 aromatic rings. The zero-order valence-electron chi connectivity index (χ0n) is 11.7. The van der Waals surface area contributed by atoms with E-state index in [-0.39, 0.29) is 18.4 Å². The Morgan fingerprint density at radius 1 is 1.17 bits per heavy atom. The Morgan fingerprint density at radius 3 is 2.22 bits per heavy atom. The van der Waals surface area contributed by atoms with E-state index in [2.05, 4.69) is 24.1 Å². The molecule has 2 N–H and O–H groups in total. The molecule has 0 aliphatic heterocycles. The highest BCUT2D eigenvalue weighted by Gasteiger charge is 2.10. The van der Waals surface area contributed by atoms with Crippen LogP contribution in [0.1, 0.15) is 46.5 Å². The second-order valence-corrected chi connectivity index (χ2v) is 4.56. The van der Waals surface area contributed by atoms with Gasteiger partial charge >= 0.3 is 5.97 Å². The number of unbranched alkanes of at least 4 members (excludes halogenated alkanes) is 1. The molecule has 0 rings (SSSR count). The molecule has 0 spiro atoms. The van der Waals surface area contributed by atoms with Crippen molar-refractivity contribution in [3.8, 4) is 0 Å². The first kappa shape index (κ1) is 16.9. The summed E-state index contributed by atoms with van der Waals surface area (Å²) in [5, 5.41) is 11.4. The average molecular weight is 258 g/mol. The third-order valence-corrected chi connectivity index (χ3v) is 2.88.